The summed E-state index contributed by atoms with van der Waals surface area (Å²) in [5, 5.41) is 11.5. The molecule has 38 heavy (non-hydrogen) atoms. The molecule has 4 unspecified atom stereocenters. The number of sulfonamides is 1. The van der Waals surface area contributed by atoms with Crippen LogP contribution in [0.5, 0.6) is 0 Å². The van der Waals surface area contributed by atoms with Crippen molar-refractivity contribution < 1.29 is 8.42 Å². The van der Waals surface area contributed by atoms with E-state index in [4.69, 9.17) is 0 Å². The van der Waals surface area contributed by atoms with Crippen molar-refractivity contribution in [2.75, 3.05) is 14.8 Å². The summed E-state index contributed by atoms with van der Waals surface area (Å²) in [6.45, 7) is 1.97. The Bertz CT molecular complexity index is 1230. The number of hydrogen-bond acceptors (Lipinski definition) is 8. The van der Waals surface area contributed by atoms with E-state index in [9.17, 15) is 8.42 Å². The Labute approximate surface area is 231 Å². The Morgan fingerprint density at radius 2 is 1.61 bits per heavy atom. The second-order valence-corrected chi connectivity index (χ2v) is 13.8. The minimum Gasteiger partial charge on any atom is -0.367 e. The SMILES string of the molecule is Cc1ccc(S(=O)(=O)NC2NC3(C4CCCCCC4)CCCCC3NC2Nc2ccc3c(c2)NSN3)cc1. The molecule has 0 aromatic heterocycles. The maximum atomic E-state index is 13.6. The number of aryl methyl sites for hydroxylation is 1. The standard InChI is InChI=1S/C28H40N6O2S2/c1-19-11-14-22(15-12-19)38(35,36)34-27-26(29-21-13-16-23-24(18-21)33-37-32-23)30-25-10-6-7-17-28(25,31-27)20-8-4-2-3-5-9-20/h11-16,18,20,25-27,29-34H,2-10,17H2,1H3. The van der Waals surface area contributed by atoms with Crippen LogP contribution >= 0.6 is 12.1 Å². The van der Waals surface area contributed by atoms with Crippen LogP contribution in [0.1, 0.15) is 69.8 Å². The second-order valence-electron chi connectivity index (χ2n) is 11.4. The van der Waals surface area contributed by atoms with E-state index >= 15 is 0 Å². The molecule has 2 heterocycles. The number of fused-ring (bicyclic) bond motifs is 2. The summed E-state index contributed by atoms with van der Waals surface area (Å²) < 4.78 is 36.8. The first-order chi connectivity index (χ1) is 18.4. The van der Waals surface area contributed by atoms with E-state index < -0.39 is 16.2 Å². The van der Waals surface area contributed by atoms with Gasteiger partial charge in [-0.2, -0.15) is 4.72 Å². The normalized spacial score (nSPS) is 29.9. The van der Waals surface area contributed by atoms with Gasteiger partial charge in [-0.15, -0.1) is 0 Å². The second kappa shape index (κ2) is 10.9. The highest BCUT2D eigenvalue weighted by molar-refractivity contribution is 8.02. The fourth-order valence-electron chi connectivity index (χ4n) is 6.99. The molecule has 2 aliphatic carbocycles. The first kappa shape index (κ1) is 26.3. The molecule has 0 amide bonds. The zero-order valence-corrected chi connectivity index (χ0v) is 23.7. The van der Waals surface area contributed by atoms with Crippen LogP contribution in [-0.4, -0.2) is 32.3 Å². The van der Waals surface area contributed by atoms with Crippen molar-refractivity contribution in [1.82, 2.24) is 15.4 Å². The maximum absolute atomic E-state index is 13.6. The number of benzene rings is 2. The minimum atomic E-state index is -3.73. The highest BCUT2D eigenvalue weighted by atomic mass is 32.2. The molecule has 206 valence electrons. The average Bonchev–Trinajstić information content (AvgIpc) is 3.20. The van der Waals surface area contributed by atoms with Crippen molar-refractivity contribution in [3.05, 3.63) is 48.0 Å². The van der Waals surface area contributed by atoms with Crippen LogP contribution in [0, 0.1) is 12.8 Å². The first-order valence-corrected chi connectivity index (χ1v) is 16.4. The zero-order valence-electron chi connectivity index (χ0n) is 22.1. The monoisotopic (exact) mass is 556 g/mol. The van der Waals surface area contributed by atoms with E-state index in [0.717, 1.165) is 35.5 Å². The third-order valence-electron chi connectivity index (χ3n) is 8.95. The van der Waals surface area contributed by atoms with Crippen LogP contribution in [0.25, 0.3) is 0 Å². The minimum absolute atomic E-state index is 0.110. The van der Waals surface area contributed by atoms with Crippen molar-refractivity contribution in [1.29, 1.82) is 0 Å². The van der Waals surface area contributed by atoms with Gasteiger partial charge in [-0.05, 0) is 68.9 Å². The van der Waals surface area contributed by atoms with Gasteiger partial charge in [0, 0.05) is 17.3 Å². The van der Waals surface area contributed by atoms with Crippen molar-refractivity contribution in [2.24, 2.45) is 5.92 Å². The maximum Gasteiger partial charge on any atom is 0.242 e. The lowest BCUT2D eigenvalue weighted by atomic mass is 9.65. The molecule has 0 spiro atoms. The lowest BCUT2D eigenvalue weighted by molar-refractivity contribution is 0.0289. The van der Waals surface area contributed by atoms with E-state index in [1.165, 1.54) is 63.5 Å². The van der Waals surface area contributed by atoms with Gasteiger partial charge in [0.15, 0.2) is 0 Å². The summed E-state index contributed by atoms with van der Waals surface area (Å²) in [5.41, 5.74) is 3.94. The van der Waals surface area contributed by atoms with Crippen LogP contribution in [0.4, 0.5) is 17.1 Å². The van der Waals surface area contributed by atoms with Crippen LogP contribution in [0.2, 0.25) is 0 Å². The molecule has 2 saturated carbocycles. The number of rotatable bonds is 6. The lowest BCUT2D eigenvalue weighted by Crippen LogP contribution is -2.80. The molecule has 2 aromatic rings. The summed E-state index contributed by atoms with van der Waals surface area (Å²) in [6, 6.07) is 13.5. The largest absolute Gasteiger partial charge is 0.367 e. The smallest absolute Gasteiger partial charge is 0.242 e. The predicted octanol–water partition coefficient (Wildman–Crippen LogP) is 5.28. The summed E-state index contributed by atoms with van der Waals surface area (Å²) >= 11 is 1.45. The molecule has 1 saturated heterocycles. The van der Waals surface area contributed by atoms with Crippen LogP contribution in [0.15, 0.2) is 47.4 Å². The van der Waals surface area contributed by atoms with Gasteiger partial charge in [0.05, 0.1) is 28.4 Å². The van der Waals surface area contributed by atoms with Crippen molar-refractivity contribution in [3.63, 3.8) is 0 Å². The molecule has 10 heteroatoms. The van der Waals surface area contributed by atoms with Crippen molar-refractivity contribution in [3.8, 4) is 0 Å². The molecule has 0 radical (unpaired) electrons. The van der Waals surface area contributed by atoms with Crippen molar-refractivity contribution >= 4 is 39.2 Å². The Morgan fingerprint density at radius 3 is 2.39 bits per heavy atom. The number of hydrogen-bond donors (Lipinski definition) is 6. The van der Waals surface area contributed by atoms with E-state index in [-0.39, 0.29) is 11.7 Å². The summed E-state index contributed by atoms with van der Waals surface area (Å²) in [5.74, 6) is 0.544. The highest BCUT2D eigenvalue weighted by Gasteiger charge is 2.52. The van der Waals surface area contributed by atoms with Crippen LogP contribution in [0.3, 0.4) is 0 Å². The van der Waals surface area contributed by atoms with E-state index in [2.05, 4.69) is 36.2 Å². The fourth-order valence-corrected chi connectivity index (χ4v) is 8.76. The van der Waals surface area contributed by atoms with Gasteiger partial charge in [0.2, 0.25) is 10.0 Å². The van der Waals surface area contributed by atoms with Gasteiger partial charge >= 0.3 is 0 Å². The molecular formula is C28H40N6O2S2. The molecule has 0 bridgehead atoms. The molecular weight excluding hydrogens is 516 g/mol. The summed E-state index contributed by atoms with van der Waals surface area (Å²) in [7, 11) is -3.73. The topological polar surface area (TPSA) is 106 Å². The quantitative estimate of drug-likeness (QED) is 0.211. The Morgan fingerprint density at radius 1 is 0.868 bits per heavy atom. The molecule has 2 aromatic carbocycles. The van der Waals surface area contributed by atoms with Crippen LogP contribution in [-0.2, 0) is 10.0 Å². The molecule has 4 aliphatic rings. The summed E-state index contributed by atoms with van der Waals surface area (Å²) in [6.07, 6.45) is 11.3. The Balaban J connectivity index is 1.32. The van der Waals surface area contributed by atoms with E-state index in [1.807, 2.05) is 31.2 Å². The highest BCUT2D eigenvalue weighted by Crippen LogP contribution is 2.43. The van der Waals surface area contributed by atoms with Gasteiger partial charge < -0.3 is 14.8 Å². The zero-order chi connectivity index (χ0) is 26.2. The van der Waals surface area contributed by atoms with Gasteiger partial charge in [-0.25, -0.2) is 8.42 Å². The van der Waals surface area contributed by atoms with Gasteiger partial charge in [0.25, 0.3) is 0 Å². The van der Waals surface area contributed by atoms with Crippen molar-refractivity contribution in [2.45, 2.75) is 99.9 Å². The third-order valence-corrected chi connectivity index (χ3v) is 11.1. The van der Waals surface area contributed by atoms with E-state index in [0.29, 0.717) is 16.9 Å². The molecule has 8 nitrogen and oxygen atoms in total. The number of anilines is 3. The molecule has 6 N–H and O–H groups in total. The fraction of sp³-hybridized carbons (Fsp3) is 0.571. The number of nitrogens with one attached hydrogen (secondary N) is 6. The first-order valence-electron chi connectivity index (χ1n) is 14.1. The molecule has 4 atom stereocenters. The van der Waals surface area contributed by atoms with Crippen LogP contribution < -0.4 is 30.1 Å². The van der Waals surface area contributed by atoms with Gasteiger partial charge in [0.1, 0.15) is 12.3 Å². The summed E-state index contributed by atoms with van der Waals surface area (Å²) in [4.78, 5) is 0.294. The lowest BCUT2D eigenvalue weighted by Gasteiger charge is -2.57. The Hall–Kier alpha value is -1.98. The Kier molecular flexibility index (Phi) is 7.52. The molecule has 6 rings (SSSR count). The van der Waals surface area contributed by atoms with Gasteiger partial charge in [-0.1, -0.05) is 56.2 Å². The average molecular weight is 557 g/mol. The van der Waals surface area contributed by atoms with Gasteiger partial charge in [-0.3, -0.25) is 10.6 Å². The third kappa shape index (κ3) is 5.25. The van der Waals surface area contributed by atoms with E-state index in [1.54, 1.807) is 12.1 Å². The predicted molar refractivity (Wildman–Crippen MR) is 156 cm³/mol. The molecule has 3 fully saturated rings. The molecule has 2 aliphatic heterocycles. The number of piperazine rings is 1.